The number of nitrogen functional groups attached to an aromatic ring is 1. The van der Waals surface area contributed by atoms with Gasteiger partial charge in [-0.05, 0) is 17.9 Å². The van der Waals surface area contributed by atoms with Gasteiger partial charge in [-0.2, -0.15) is 0 Å². The van der Waals surface area contributed by atoms with Crippen LogP contribution >= 0.6 is 26.3 Å². The molecule has 0 amide bonds. The Morgan fingerprint density at radius 2 is 1.95 bits per heavy atom. The van der Waals surface area contributed by atoms with Gasteiger partial charge in [-0.1, -0.05) is 6.58 Å². The number of phosphoric acid groups is 1. The summed E-state index contributed by atoms with van der Waals surface area (Å²) in [6.45, 7) is -3.17. The van der Waals surface area contributed by atoms with Gasteiger partial charge in [0, 0.05) is 0 Å². The number of hydrogen-bond acceptors (Lipinski definition) is 16. The SMILES string of the molecule is C=C[C@@]1(F)[C@H](O)[C@@H](COP(O)(=S)OP(=O)(O)OC2OC([C@@H](F)CO)C(O)C(O)C2O)S[C@H]1n1cnc2c(N)ncnc21. The summed E-state index contributed by atoms with van der Waals surface area (Å²) in [5.74, 6) is 0.0317. The van der Waals surface area contributed by atoms with E-state index in [2.05, 4.69) is 30.4 Å². The largest absolute Gasteiger partial charge is 0.481 e. The van der Waals surface area contributed by atoms with Crippen LogP contribution in [0.25, 0.3) is 11.2 Å². The van der Waals surface area contributed by atoms with Crippen molar-refractivity contribution in [3.8, 4) is 0 Å². The number of hydrogen-bond donors (Lipinski definition) is 8. The van der Waals surface area contributed by atoms with E-state index in [1.54, 1.807) is 0 Å². The van der Waals surface area contributed by atoms with Crippen LogP contribution in [0.15, 0.2) is 25.3 Å². The molecule has 236 valence electrons. The Labute approximate surface area is 244 Å². The van der Waals surface area contributed by atoms with Gasteiger partial charge in [-0.3, -0.25) is 9.09 Å². The summed E-state index contributed by atoms with van der Waals surface area (Å²) in [6, 6.07) is 0. The number of alkyl halides is 2. The van der Waals surface area contributed by atoms with Crippen LogP contribution in [0, 0.1) is 0 Å². The fourth-order valence-corrected chi connectivity index (χ4v) is 9.06. The number of fused-ring (bicyclic) bond motifs is 1. The highest BCUT2D eigenvalue weighted by Crippen LogP contribution is 2.62. The van der Waals surface area contributed by atoms with Crippen molar-refractivity contribution >= 4 is 55.1 Å². The van der Waals surface area contributed by atoms with E-state index in [0.29, 0.717) is 0 Å². The number of aliphatic hydroxyl groups is 5. The highest BCUT2D eigenvalue weighted by molar-refractivity contribution is 8.08. The number of phosphoric ester groups is 1. The van der Waals surface area contributed by atoms with E-state index in [9.17, 15) is 39.2 Å². The predicted molar refractivity (Wildman–Crippen MR) is 143 cm³/mol. The molecule has 2 aromatic heterocycles. The second kappa shape index (κ2) is 12.6. The summed E-state index contributed by atoms with van der Waals surface area (Å²) in [6.07, 6.45) is -11.5. The molecule has 12 atom stereocenters. The van der Waals surface area contributed by atoms with E-state index in [-0.39, 0.29) is 17.0 Å². The number of halogens is 2. The van der Waals surface area contributed by atoms with Crippen LogP contribution in [-0.2, 0) is 34.5 Å². The minimum atomic E-state index is -5.51. The minimum absolute atomic E-state index is 0.0317. The van der Waals surface area contributed by atoms with E-state index in [1.807, 2.05) is 0 Å². The molecule has 2 aliphatic heterocycles. The standard InChI is InChI=1S/C19H27F2N5O12P2S2/c1-2-19(21)14(31)8(42-18(19)26-6-25-9-15(22)23-5-24-16(9)26)4-35-40(34,41)38-39(32,33)37-17-12(30)10(28)11(29)13(36-17)7(20)3-27/h2,5-8,10-14,17-18,27-31H,1,3-4H2,(H,32,33)(H,34,41)(H2,22,23,24)/t7-,8+,10?,11?,12?,13?,14+,17?,18+,19+,40?/m0/s1. The van der Waals surface area contributed by atoms with Crippen molar-refractivity contribution in [2.75, 3.05) is 18.9 Å². The maximum absolute atomic E-state index is 16.0. The molecule has 0 saturated carbocycles. The average Bonchev–Trinajstić information content (AvgIpc) is 3.46. The lowest BCUT2D eigenvalue weighted by Gasteiger charge is -2.41. The molecule has 42 heavy (non-hydrogen) atoms. The number of aromatic nitrogens is 4. The third-order valence-corrected chi connectivity index (χ3v) is 11.5. The van der Waals surface area contributed by atoms with Gasteiger partial charge in [-0.15, -0.1) is 11.8 Å². The molecular weight excluding hydrogens is 654 g/mol. The smallest absolute Gasteiger partial charge is 0.393 e. The van der Waals surface area contributed by atoms with Crippen molar-refractivity contribution in [3.05, 3.63) is 25.3 Å². The lowest BCUT2D eigenvalue weighted by Crippen LogP contribution is -2.60. The lowest BCUT2D eigenvalue weighted by molar-refractivity contribution is -0.287. The second-order valence-corrected chi connectivity index (χ2v) is 14.9. The molecule has 7 unspecified atom stereocenters. The topological polar surface area (TPSA) is 265 Å². The Balaban J connectivity index is 1.44. The molecule has 17 nitrogen and oxygen atoms in total. The van der Waals surface area contributed by atoms with Crippen LogP contribution in [0.1, 0.15) is 5.37 Å². The Hall–Kier alpha value is -1.26. The first-order chi connectivity index (χ1) is 19.5. The molecule has 0 spiro atoms. The summed E-state index contributed by atoms with van der Waals surface area (Å²) in [5.41, 5.74) is 3.61. The minimum Gasteiger partial charge on any atom is -0.393 e. The molecule has 23 heteroatoms. The summed E-state index contributed by atoms with van der Waals surface area (Å²) in [5, 5.41) is 47.2. The number of imidazole rings is 1. The molecule has 0 radical (unpaired) electrons. The van der Waals surface area contributed by atoms with Crippen LogP contribution < -0.4 is 5.73 Å². The Kier molecular flexibility index (Phi) is 10.1. The van der Waals surface area contributed by atoms with E-state index in [4.69, 9.17) is 31.9 Å². The third kappa shape index (κ3) is 6.56. The molecule has 0 bridgehead atoms. The average molecular weight is 682 g/mol. The maximum Gasteiger partial charge on any atom is 0.481 e. The molecule has 0 aromatic carbocycles. The van der Waals surface area contributed by atoms with Crippen LogP contribution in [-0.4, -0.2) is 122 Å². The highest BCUT2D eigenvalue weighted by atomic mass is 32.5. The van der Waals surface area contributed by atoms with Gasteiger partial charge in [0.1, 0.15) is 47.7 Å². The van der Waals surface area contributed by atoms with Crippen LogP contribution in [0.3, 0.4) is 0 Å². The summed E-state index contributed by atoms with van der Waals surface area (Å²) in [4.78, 5) is 32.4. The van der Waals surface area contributed by atoms with Gasteiger partial charge in [-0.25, -0.2) is 32.6 Å². The van der Waals surface area contributed by atoms with Gasteiger partial charge in [0.15, 0.2) is 29.6 Å². The molecule has 4 rings (SSSR count). The maximum atomic E-state index is 16.0. The van der Waals surface area contributed by atoms with Gasteiger partial charge < -0.3 is 50.3 Å². The number of nitrogens with two attached hydrogens (primary N) is 1. The van der Waals surface area contributed by atoms with Gasteiger partial charge in [0.25, 0.3) is 0 Å². The third-order valence-electron chi connectivity index (χ3n) is 6.42. The highest BCUT2D eigenvalue weighted by Gasteiger charge is 2.57. The number of thioether (sulfide) groups is 1. The molecule has 9 N–H and O–H groups in total. The predicted octanol–water partition coefficient (Wildman–Crippen LogP) is -1.22. The van der Waals surface area contributed by atoms with Crippen molar-refractivity contribution in [2.24, 2.45) is 0 Å². The molecule has 2 fully saturated rings. The fourth-order valence-electron chi connectivity index (χ4n) is 4.28. The zero-order chi connectivity index (χ0) is 31.2. The Morgan fingerprint density at radius 1 is 1.26 bits per heavy atom. The van der Waals surface area contributed by atoms with E-state index in [0.717, 1.165) is 24.2 Å². The Bertz CT molecular complexity index is 1400. The van der Waals surface area contributed by atoms with Crippen LogP contribution in [0.2, 0.25) is 0 Å². The number of anilines is 1. The first-order valence-electron chi connectivity index (χ1n) is 11.8. The number of ether oxygens (including phenoxy) is 1. The summed E-state index contributed by atoms with van der Waals surface area (Å²) in [7, 11) is -5.51. The first-order valence-corrected chi connectivity index (χ1v) is 16.8. The van der Waals surface area contributed by atoms with Gasteiger partial charge >= 0.3 is 14.5 Å². The van der Waals surface area contributed by atoms with Crippen molar-refractivity contribution in [1.29, 1.82) is 0 Å². The fraction of sp³-hybridized carbons (Fsp3) is 0.632. The van der Waals surface area contributed by atoms with Gasteiger partial charge in [0.05, 0.1) is 24.8 Å². The molecule has 4 heterocycles. The summed E-state index contributed by atoms with van der Waals surface area (Å²) < 4.78 is 62.8. The van der Waals surface area contributed by atoms with Crippen molar-refractivity contribution in [3.63, 3.8) is 0 Å². The Morgan fingerprint density at radius 3 is 2.60 bits per heavy atom. The van der Waals surface area contributed by atoms with Crippen molar-refractivity contribution in [1.82, 2.24) is 19.5 Å². The normalized spacial score (nSPS) is 37.3. The number of aliphatic hydroxyl groups excluding tert-OH is 5. The zero-order valence-corrected chi connectivity index (χ0v) is 24.5. The monoisotopic (exact) mass is 681 g/mol. The summed E-state index contributed by atoms with van der Waals surface area (Å²) >= 11 is 5.54. The lowest BCUT2D eigenvalue weighted by atomic mass is 9.96. The molecule has 2 aromatic rings. The second-order valence-electron chi connectivity index (χ2n) is 9.15. The van der Waals surface area contributed by atoms with Crippen LogP contribution in [0.4, 0.5) is 14.6 Å². The van der Waals surface area contributed by atoms with E-state index in [1.165, 1.54) is 10.9 Å². The number of nitrogens with zero attached hydrogens (tertiary/aromatic N) is 4. The zero-order valence-electron chi connectivity index (χ0n) is 21.1. The first kappa shape index (κ1) is 33.6. The molecule has 2 aliphatic rings. The molecular formula is C19H27F2N5O12P2S2. The van der Waals surface area contributed by atoms with Crippen molar-refractivity contribution in [2.45, 2.75) is 59.3 Å². The van der Waals surface area contributed by atoms with Crippen molar-refractivity contribution < 1.29 is 66.8 Å². The van der Waals surface area contributed by atoms with E-state index >= 15 is 4.39 Å². The van der Waals surface area contributed by atoms with Gasteiger partial charge in [0.2, 0.25) is 0 Å². The van der Waals surface area contributed by atoms with E-state index < -0.39 is 87.0 Å². The van der Waals surface area contributed by atoms with Crippen LogP contribution in [0.5, 0.6) is 0 Å². The quantitative estimate of drug-likeness (QED) is 0.102. The number of rotatable bonds is 11. The molecule has 2 saturated heterocycles. The molecule has 0 aliphatic carbocycles.